The van der Waals surface area contributed by atoms with Gasteiger partial charge >= 0.3 is 0 Å². The molecular formula is C17H19ClN2O. The van der Waals surface area contributed by atoms with Gasteiger partial charge in [-0.3, -0.25) is 4.79 Å². The first kappa shape index (κ1) is 15.5. The maximum Gasteiger partial charge on any atom is 0.238 e. The molecule has 21 heavy (non-hydrogen) atoms. The van der Waals surface area contributed by atoms with E-state index in [-0.39, 0.29) is 12.5 Å². The molecule has 0 saturated carbocycles. The van der Waals surface area contributed by atoms with Gasteiger partial charge in [0.2, 0.25) is 5.91 Å². The van der Waals surface area contributed by atoms with Crippen molar-refractivity contribution in [3.63, 3.8) is 0 Å². The number of halogens is 1. The summed E-state index contributed by atoms with van der Waals surface area (Å²) < 4.78 is 0. The molecule has 0 aliphatic rings. The van der Waals surface area contributed by atoms with Crippen molar-refractivity contribution >= 4 is 23.2 Å². The number of aryl methyl sites for hydroxylation is 2. The average molecular weight is 303 g/mol. The standard InChI is InChI=1S/C17H19ClN2O/c1-12-7-13(2)9-15(8-12)20-17(21)11-19-10-14-5-3-4-6-16(14)18/h3-9,19H,10-11H2,1-2H3,(H,20,21). The Bertz CT molecular complexity index is 620. The van der Waals surface area contributed by atoms with Crippen LogP contribution in [0.1, 0.15) is 16.7 Å². The van der Waals surface area contributed by atoms with Crippen molar-refractivity contribution in [1.29, 1.82) is 0 Å². The highest BCUT2D eigenvalue weighted by Crippen LogP contribution is 2.15. The van der Waals surface area contributed by atoms with Crippen molar-refractivity contribution in [3.8, 4) is 0 Å². The lowest BCUT2D eigenvalue weighted by Crippen LogP contribution is -2.27. The van der Waals surface area contributed by atoms with E-state index in [9.17, 15) is 4.79 Å². The largest absolute Gasteiger partial charge is 0.325 e. The molecule has 2 aromatic carbocycles. The summed E-state index contributed by atoms with van der Waals surface area (Å²) >= 11 is 6.06. The predicted molar refractivity (Wildman–Crippen MR) is 87.7 cm³/mol. The number of hydrogen-bond acceptors (Lipinski definition) is 2. The lowest BCUT2D eigenvalue weighted by Gasteiger charge is -2.09. The molecule has 4 heteroatoms. The molecule has 0 saturated heterocycles. The second-order valence-electron chi connectivity index (χ2n) is 5.12. The molecule has 0 spiro atoms. The second-order valence-corrected chi connectivity index (χ2v) is 5.53. The molecule has 1 amide bonds. The summed E-state index contributed by atoms with van der Waals surface area (Å²) in [7, 11) is 0. The first-order valence-electron chi connectivity index (χ1n) is 6.87. The first-order chi connectivity index (χ1) is 10.0. The van der Waals surface area contributed by atoms with Gasteiger partial charge in [-0.2, -0.15) is 0 Å². The van der Waals surface area contributed by atoms with E-state index in [2.05, 4.69) is 16.7 Å². The van der Waals surface area contributed by atoms with Gasteiger partial charge in [-0.15, -0.1) is 0 Å². The van der Waals surface area contributed by atoms with E-state index >= 15 is 0 Å². The van der Waals surface area contributed by atoms with E-state index < -0.39 is 0 Å². The third kappa shape index (κ3) is 4.88. The molecule has 0 atom stereocenters. The predicted octanol–water partition coefficient (Wildman–Crippen LogP) is 3.69. The van der Waals surface area contributed by atoms with Crippen molar-refractivity contribution in [2.24, 2.45) is 0 Å². The van der Waals surface area contributed by atoms with E-state index in [0.717, 1.165) is 22.4 Å². The number of benzene rings is 2. The Hall–Kier alpha value is -1.84. The SMILES string of the molecule is Cc1cc(C)cc(NC(=O)CNCc2ccccc2Cl)c1. The molecule has 0 radical (unpaired) electrons. The molecule has 0 unspecified atom stereocenters. The summed E-state index contributed by atoms with van der Waals surface area (Å²) in [6.45, 7) is 4.84. The lowest BCUT2D eigenvalue weighted by atomic mass is 10.1. The van der Waals surface area contributed by atoms with Crippen LogP contribution in [-0.2, 0) is 11.3 Å². The van der Waals surface area contributed by atoms with Crippen LogP contribution >= 0.6 is 11.6 Å². The molecule has 0 bridgehead atoms. The number of amides is 1. The van der Waals surface area contributed by atoms with Crippen LogP contribution in [0.5, 0.6) is 0 Å². The van der Waals surface area contributed by atoms with E-state index in [1.807, 2.05) is 50.2 Å². The van der Waals surface area contributed by atoms with Gasteiger partial charge in [0.1, 0.15) is 0 Å². The summed E-state index contributed by atoms with van der Waals surface area (Å²) in [4.78, 5) is 11.9. The van der Waals surface area contributed by atoms with Crippen LogP contribution in [0.4, 0.5) is 5.69 Å². The minimum atomic E-state index is -0.0629. The van der Waals surface area contributed by atoms with Gasteiger partial charge in [0, 0.05) is 17.3 Å². The van der Waals surface area contributed by atoms with E-state index in [4.69, 9.17) is 11.6 Å². The van der Waals surface area contributed by atoms with Gasteiger partial charge in [-0.1, -0.05) is 35.9 Å². The first-order valence-corrected chi connectivity index (χ1v) is 7.24. The Labute approximate surface area is 130 Å². The van der Waals surface area contributed by atoms with Gasteiger partial charge in [-0.05, 0) is 48.7 Å². The smallest absolute Gasteiger partial charge is 0.238 e. The van der Waals surface area contributed by atoms with Crippen molar-refractivity contribution < 1.29 is 4.79 Å². The fraction of sp³-hybridized carbons (Fsp3) is 0.235. The van der Waals surface area contributed by atoms with E-state index in [1.54, 1.807) is 0 Å². The van der Waals surface area contributed by atoms with Crippen molar-refractivity contribution in [1.82, 2.24) is 5.32 Å². The highest BCUT2D eigenvalue weighted by atomic mass is 35.5. The zero-order chi connectivity index (χ0) is 15.2. The Morgan fingerprint density at radius 3 is 2.43 bits per heavy atom. The van der Waals surface area contributed by atoms with E-state index in [1.165, 1.54) is 0 Å². The van der Waals surface area contributed by atoms with Crippen LogP contribution in [0.2, 0.25) is 5.02 Å². The molecular weight excluding hydrogens is 284 g/mol. The number of carbonyl (C=O) groups excluding carboxylic acids is 1. The zero-order valence-electron chi connectivity index (χ0n) is 12.2. The molecule has 110 valence electrons. The molecule has 0 fully saturated rings. The molecule has 2 rings (SSSR count). The Kier molecular flexibility index (Phi) is 5.37. The Morgan fingerprint density at radius 2 is 1.76 bits per heavy atom. The number of anilines is 1. The van der Waals surface area contributed by atoms with Crippen LogP contribution in [0.3, 0.4) is 0 Å². The van der Waals surface area contributed by atoms with Crippen LogP contribution in [-0.4, -0.2) is 12.5 Å². The van der Waals surface area contributed by atoms with Crippen LogP contribution in [0.25, 0.3) is 0 Å². The highest BCUT2D eigenvalue weighted by molar-refractivity contribution is 6.31. The fourth-order valence-corrected chi connectivity index (χ4v) is 2.41. The third-order valence-electron chi connectivity index (χ3n) is 3.06. The maximum atomic E-state index is 11.9. The third-order valence-corrected chi connectivity index (χ3v) is 3.43. The average Bonchev–Trinajstić information content (AvgIpc) is 2.39. The molecule has 0 aromatic heterocycles. The van der Waals surface area contributed by atoms with E-state index in [0.29, 0.717) is 11.6 Å². The van der Waals surface area contributed by atoms with Gasteiger partial charge in [0.15, 0.2) is 0 Å². The maximum absolute atomic E-state index is 11.9. The lowest BCUT2D eigenvalue weighted by molar-refractivity contribution is -0.115. The van der Waals surface area contributed by atoms with Crippen LogP contribution in [0.15, 0.2) is 42.5 Å². The molecule has 0 aliphatic heterocycles. The molecule has 3 nitrogen and oxygen atoms in total. The number of nitrogens with one attached hydrogen (secondary N) is 2. The van der Waals surface area contributed by atoms with Crippen molar-refractivity contribution in [2.75, 3.05) is 11.9 Å². The number of carbonyl (C=O) groups is 1. The van der Waals surface area contributed by atoms with Crippen LogP contribution < -0.4 is 10.6 Å². The fourth-order valence-electron chi connectivity index (χ4n) is 2.20. The molecule has 0 aliphatic carbocycles. The summed E-state index contributed by atoms with van der Waals surface area (Å²) in [6.07, 6.45) is 0. The number of rotatable bonds is 5. The molecule has 2 aromatic rings. The molecule has 2 N–H and O–H groups in total. The quantitative estimate of drug-likeness (QED) is 0.884. The van der Waals surface area contributed by atoms with Gasteiger partial charge in [0.25, 0.3) is 0 Å². The second kappa shape index (κ2) is 7.25. The van der Waals surface area contributed by atoms with Gasteiger partial charge in [-0.25, -0.2) is 0 Å². The van der Waals surface area contributed by atoms with Gasteiger partial charge in [0.05, 0.1) is 6.54 Å². The van der Waals surface area contributed by atoms with Crippen molar-refractivity contribution in [2.45, 2.75) is 20.4 Å². The monoisotopic (exact) mass is 302 g/mol. The topological polar surface area (TPSA) is 41.1 Å². The molecule has 0 heterocycles. The van der Waals surface area contributed by atoms with Crippen molar-refractivity contribution in [3.05, 3.63) is 64.2 Å². The highest BCUT2D eigenvalue weighted by Gasteiger charge is 2.04. The van der Waals surface area contributed by atoms with Gasteiger partial charge < -0.3 is 10.6 Å². The normalized spacial score (nSPS) is 10.4. The Morgan fingerprint density at radius 1 is 1.10 bits per heavy atom. The minimum Gasteiger partial charge on any atom is -0.325 e. The summed E-state index contributed by atoms with van der Waals surface area (Å²) in [6, 6.07) is 13.6. The zero-order valence-corrected chi connectivity index (χ0v) is 13.0. The summed E-state index contributed by atoms with van der Waals surface area (Å²) in [5, 5.41) is 6.69. The minimum absolute atomic E-state index is 0.0629. The summed E-state index contributed by atoms with van der Waals surface area (Å²) in [5.41, 5.74) is 4.08. The Balaban J connectivity index is 1.84. The van der Waals surface area contributed by atoms with Crippen LogP contribution in [0, 0.1) is 13.8 Å². The number of hydrogen-bond donors (Lipinski definition) is 2. The summed E-state index contributed by atoms with van der Waals surface area (Å²) in [5.74, 6) is -0.0629.